The molecule has 2 aromatic rings. The number of methoxy groups -OCH3 is 1. The number of carbonyl (C=O) groups is 1. The predicted octanol–water partition coefficient (Wildman–Crippen LogP) is 4.29. The summed E-state index contributed by atoms with van der Waals surface area (Å²) >= 11 is 0. The Labute approximate surface area is 143 Å². The molecule has 2 rings (SSSR count). The van der Waals surface area contributed by atoms with Crippen molar-refractivity contribution in [2.24, 2.45) is 0 Å². The van der Waals surface area contributed by atoms with Crippen molar-refractivity contribution in [3.63, 3.8) is 0 Å². The van der Waals surface area contributed by atoms with Gasteiger partial charge in [0.1, 0.15) is 17.2 Å². The van der Waals surface area contributed by atoms with Crippen molar-refractivity contribution in [1.82, 2.24) is 0 Å². The fourth-order valence-electron chi connectivity index (χ4n) is 2.29. The van der Waals surface area contributed by atoms with Crippen molar-refractivity contribution in [3.8, 4) is 17.2 Å². The maximum Gasteiger partial charge on any atom is 0.349 e. The van der Waals surface area contributed by atoms with Crippen molar-refractivity contribution in [2.75, 3.05) is 13.7 Å². The number of rotatable bonds is 5. The van der Waals surface area contributed by atoms with E-state index in [1.165, 1.54) is 0 Å². The lowest BCUT2D eigenvalue weighted by atomic mass is 9.85. The van der Waals surface area contributed by atoms with E-state index in [1.54, 1.807) is 31.4 Å². The number of esters is 1. The fraction of sp³-hybridized carbons (Fsp3) is 0.350. The molecule has 0 aliphatic heterocycles. The molecule has 0 radical (unpaired) electrons. The van der Waals surface area contributed by atoms with Gasteiger partial charge in [0.05, 0.1) is 7.11 Å². The number of hydrogen-bond acceptors (Lipinski definition) is 4. The standard InChI is InChI=1S/C20H24O4/c1-14-6-11-18(17(12-14)20(2,3)4)24-19(21)13-23-16-9-7-15(22-5)8-10-16/h6-12H,13H2,1-5H3. The molecule has 24 heavy (non-hydrogen) atoms. The number of ether oxygens (including phenoxy) is 3. The topological polar surface area (TPSA) is 44.8 Å². The molecule has 4 nitrogen and oxygen atoms in total. The van der Waals surface area contributed by atoms with Crippen LogP contribution in [0.2, 0.25) is 0 Å². The van der Waals surface area contributed by atoms with E-state index in [2.05, 4.69) is 20.8 Å². The van der Waals surface area contributed by atoms with Gasteiger partial charge in [-0.15, -0.1) is 0 Å². The van der Waals surface area contributed by atoms with E-state index in [9.17, 15) is 4.79 Å². The highest BCUT2D eigenvalue weighted by Gasteiger charge is 2.21. The number of aryl methyl sites for hydroxylation is 1. The van der Waals surface area contributed by atoms with Gasteiger partial charge in [-0.3, -0.25) is 0 Å². The molecular weight excluding hydrogens is 304 g/mol. The predicted molar refractivity (Wildman–Crippen MR) is 94.0 cm³/mol. The zero-order valence-corrected chi connectivity index (χ0v) is 14.9. The second-order valence-corrected chi connectivity index (χ2v) is 6.69. The van der Waals surface area contributed by atoms with Crippen molar-refractivity contribution in [1.29, 1.82) is 0 Å². The van der Waals surface area contributed by atoms with Gasteiger partial charge < -0.3 is 14.2 Å². The molecule has 0 bridgehead atoms. The smallest absolute Gasteiger partial charge is 0.349 e. The van der Waals surface area contributed by atoms with E-state index in [1.807, 2.05) is 25.1 Å². The first-order valence-corrected chi connectivity index (χ1v) is 7.88. The molecule has 0 saturated heterocycles. The van der Waals surface area contributed by atoms with Crippen LogP contribution in [0.15, 0.2) is 42.5 Å². The van der Waals surface area contributed by atoms with Crippen molar-refractivity contribution >= 4 is 5.97 Å². The molecular formula is C20H24O4. The first kappa shape index (κ1) is 17.9. The molecule has 0 aromatic heterocycles. The summed E-state index contributed by atoms with van der Waals surface area (Å²) in [5.74, 6) is 1.48. The molecule has 0 spiro atoms. The average Bonchev–Trinajstić information content (AvgIpc) is 2.54. The second kappa shape index (κ2) is 7.39. The Morgan fingerprint density at radius 2 is 1.62 bits per heavy atom. The Bertz CT molecular complexity index is 697. The van der Waals surface area contributed by atoms with Crippen LogP contribution in [-0.2, 0) is 10.2 Å². The summed E-state index contributed by atoms with van der Waals surface area (Å²) in [6.45, 7) is 8.14. The van der Waals surface area contributed by atoms with Gasteiger partial charge in [-0.25, -0.2) is 4.79 Å². The molecule has 4 heteroatoms. The second-order valence-electron chi connectivity index (χ2n) is 6.69. The van der Waals surface area contributed by atoms with E-state index in [-0.39, 0.29) is 12.0 Å². The van der Waals surface area contributed by atoms with Crippen LogP contribution in [-0.4, -0.2) is 19.7 Å². The third kappa shape index (κ3) is 4.75. The van der Waals surface area contributed by atoms with Crippen LogP contribution in [0.4, 0.5) is 0 Å². The Morgan fingerprint density at radius 1 is 1.00 bits per heavy atom. The van der Waals surface area contributed by atoms with Crippen molar-refractivity contribution in [3.05, 3.63) is 53.6 Å². The largest absolute Gasteiger partial charge is 0.497 e. The molecule has 0 atom stereocenters. The maximum absolute atomic E-state index is 12.1. The zero-order chi connectivity index (χ0) is 17.7. The number of carbonyl (C=O) groups excluding carboxylic acids is 1. The molecule has 0 heterocycles. The minimum atomic E-state index is -0.430. The van der Waals surface area contributed by atoms with Crippen molar-refractivity contribution < 1.29 is 19.0 Å². The monoisotopic (exact) mass is 328 g/mol. The summed E-state index contributed by atoms with van der Waals surface area (Å²) in [4.78, 5) is 12.1. The molecule has 128 valence electrons. The van der Waals surface area contributed by atoms with Crippen LogP contribution < -0.4 is 14.2 Å². The summed E-state index contributed by atoms with van der Waals surface area (Å²) in [7, 11) is 1.60. The van der Waals surface area contributed by atoms with Crippen LogP contribution >= 0.6 is 0 Å². The van der Waals surface area contributed by atoms with Crippen LogP contribution in [0, 0.1) is 6.92 Å². The molecule has 0 amide bonds. The average molecular weight is 328 g/mol. The van der Waals surface area contributed by atoms with Gasteiger partial charge in [-0.05, 0) is 42.7 Å². The van der Waals surface area contributed by atoms with Crippen molar-refractivity contribution in [2.45, 2.75) is 33.1 Å². The lowest BCUT2D eigenvalue weighted by Gasteiger charge is -2.22. The van der Waals surface area contributed by atoms with Gasteiger partial charge in [-0.2, -0.15) is 0 Å². The molecule has 2 aromatic carbocycles. The summed E-state index contributed by atoms with van der Waals surface area (Å²) < 4.78 is 16.0. The highest BCUT2D eigenvalue weighted by Crippen LogP contribution is 2.32. The van der Waals surface area contributed by atoms with Gasteiger partial charge in [-0.1, -0.05) is 38.5 Å². The van der Waals surface area contributed by atoms with Gasteiger partial charge in [0, 0.05) is 5.56 Å². The van der Waals surface area contributed by atoms with E-state index >= 15 is 0 Å². The van der Waals surface area contributed by atoms with Crippen LogP contribution in [0.1, 0.15) is 31.9 Å². The molecule has 0 N–H and O–H groups in total. The summed E-state index contributed by atoms with van der Waals surface area (Å²) in [5.41, 5.74) is 2.02. The molecule has 0 aliphatic rings. The first-order chi connectivity index (χ1) is 11.3. The van der Waals surface area contributed by atoms with E-state index in [0.29, 0.717) is 11.5 Å². The third-order valence-electron chi connectivity index (χ3n) is 3.58. The Kier molecular flexibility index (Phi) is 5.50. The minimum absolute atomic E-state index is 0.113. The van der Waals surface area contributed by atoms with Crippen LogP contribution in [0.5, 0.6) is 17.2 Å². The molecule has 0 saturated carbocycles. The number of hydrogen-bond donors (Lipinski definition) is 0. The van der Waals surface area contributed by atoms with E-state index < -0.39 is 5.97 Å². The normalized spacial score (nSPS) is 11.0. The first-order valence-electron chi connectivity index (χ1n) is 7.88. The van der Waals surface area contributed by atoms with Crippen LogP contribution in [0.25, 0.3) is 0 Å². The van der Waals surface area contributed by atoms with Gasteiger partial charge in [0.2, 0.25) is 0 Å². The highest BCUT2D eigenvalue weighted by atomic mass is 16.6. The van der Waals surface area contributed by atoms with Crippen LogP contribution in [0.3, 0.4) is 0 Å². The molecule has 0 unspecified atom stereocenters. The summed E-state index contributed by atoms with van der Waals surface area (Å²) in [6, 6.07) is 12.9. The fourth-order valence-corrected chi connectivity index (χ4v) is 2.29. The SMILES string of the molecule is COc1ccc(OCC(=O)Oc2ccc(C)cc2C(C)(C)C)cc1. The molecule has 0 aliphatic carbocycles. The Balaban J connectivity index is 2.02. The van der Waals surface area contributed by atoms with Gasteiger partial charge in [0.25, 0.3) is 0 Å². The van der Waals surface area contributed by atoms with Gasteiger partial charge >= 0.3 is 5.97 Å². The lowest BCUT2D eigenvalue weighted by Crippen LogP contribution is -2.21. The number of benzene rings is 2. The zero-order valence-electron chi connectivity index (χ0n) is 14.9. The third-order valence-corrected chi connectivity index (χ3v) is 3.58. The van der Waals surface area contributed by atoms with E-state index in [4.69, 9.17) is 14.2 Å². The lowest BCUT2D eigenvalue weighted by molar-refractivity contribution is -0.136. The summed E-state index contributed by atoms with van der Waals surface area (Å²) in [5, 5.41) is 0. The molecule has 0 fully saturated rings. The minimum Gasteiger partial charge on any atom is -0.497 e. The Morgan fingerprint density at radius 3 is 2.21 bits per heavy atom. The summed E-state index contributed by atoms with van der Waals surface area (Å²) in [6.07, 6.45) is 0. The quantitative estimate of drug-likeness (QED) is 0.607. The highest BCUT2D eigenvalue weighted by molar-refractivity contribution is 5.74. The van der Waals surface area contributed by atoms with E-state index in [0.717, 1.165) is 16.9 Å². The maximum atomic E-state index is 12.1. The van der Waals surface area contributed by atoms with Gasteiger partial charge in [0.15, 0.2) is 6.61 Å². The Hall–Kier alpha value is -2.49.